The number of thioether (sulfide) groups is 2. The first-order valence-corrected chi connectivity index (χ1v) is 10.6. The van der Waals surface area contributed by atoms with E-state index >= 15 is 0 Å². The number of carbonyl (C=O) groups excluding carboxylic acids is 1. The minimum atomic E-state index is -0.234. The van der Waals surface area contributed by atoms with Gasteiger partial charge in [0.15, 0.2) is 5.78 Å². The van der Waals surface area contributed by atoms with Gasteiger partial charge in [-0.2, -0.15) is 0 Å². The topological polar surface area (TPSA) is 17.1 Å². The summed E-state index contributed by atoms with van der Waals surface area (Å²) in [6.07, 6.45) is 6.73. The summed E-state index contributed by atoms with van der Waals surface area (Å²) in [5.41, 5.74) is 0.840. The molecule has 0 N–H and O–H groups in total. The number of ketones is 1. The third-order valence-corrected chi connectivity index (χ3v) is 8.46. The average Bonchev–Trinajstić information content (AvgIpc) is 2.98. The van der Waals surface area contributed by atoms with Crippen LogP contribution in [0.3, 0.4) is 0 Å². The van der Waals surface area contributed by atoms with Gasteiger partial charge in [-0.25, -0.2) is 10.9 Å². The Hall–Kier alpha value is -0.320. The molecule has 0 saturated carbocycles. The number of carbonyl (C=O) groups is 1. The summed E-state index contributed by atoms with van der Waals surface area (Å²) in [4.78, 5) is 13.9. The molecule has 1 saturated heterocycles. The molecule has 2 rings (SSSR count). The Bertz CT molecular complexity index is 456. The second-order valence-corrected chi connectivity index (χ2v) is 8.75. The van der Waals surface area contributed by atoms with Crippen molar-refractivity contribution in [2.24, 2.45) is 0 Å². The summed E-state index contributed by atoms with van der Waals surface area (Å²) in [6.45, 7) is 0. The molecule has 1 aliphatic rings. The van der Waals surface area contributed by atoms with Crippen molar-refractivity contribution in [1.29, 1.82) is 0 Å². The second kappa shape index (κ2) is 7.46. The predicted molar refractivity (Wildman–Crippen MR) is 92.8 cm³/mol. The maximum absolute atomic E-state index is 12.8. The number of hydrogen-bond donors (Lipinski definition) is 1. The van der Waals surface area contributed by atoms with E-state index in [1.54, 1.807) is 23.5 Å². The monoisotopic (exact) mass is 312 g/mol. The third kappa shape index (κ3) is 3.61. The molecule has 4 heteroatoms. The zero-order valence-corrected chi connectivity index (χ0v) is 13.9. The minimum absolute atomic E-state index is 0.234. The van der Waals surface area contributed by atoms with Gasteiger partial charge in [0, 0.05) is 5.56 Å². The number of benzene rings is 1. The van der Waals surface area contributed by atoms with Gasteiger partial charge >= 0.3 is 0 Å². The van der Waals surface area contributed by atoms with Gasteiger partial charge in [0.25, 0.3) is 0 Å². The third-order valence-electron chi connectivity index (χ3n) is 3.24. The number of Topliss-reactive ketones (excluding diaryl/α,β-unsaturated/α-hetero) is 1. The van der Waals surface area contributed by atoms with Crippen molar-refractivity contribution in [2.45, 2.75) is 12.8 Å². The first-order valence-electron chi connectivity index (χ1n) is 6.45. The van der Waals surface area contributed by atoms with E-state index < -0.39 is 0 Å². The molecule has 0 bridgehead atoms. The van der Waals surface area contributed by atoms with Crippen LogP contribution in [0.2, 0.25) is 0 Å². The highest BCUT2D eigenvalue weighted by atomic mass is 32.2. The number of allylic oxidation sites excluding steroid dienone is 1. The number of hydrogen-bond acceptors (Lipinski definition) is 3. The molecule has 1 fully saturated rings. The zero-order valence-electron chi connectivity index (χ0n) is 11.4. The highest BCUT2D eigenvalue weighted by Gasteiger charge is 2.25. The molecule has 0 unspecified atom stereocenters. The van der Waals surface area contributed by atoms with Crippen molar-refractivity contribution in [3.63, 3.8) is 0 Å². The molecule has 1 heterocycles. The lowest BCUT2D eigenvalue weighted by molar-refractivity contribution is 0.104. The normalized spacial score (nSPS) is 16.4. The van der Waals surface area contributed by atoms with Crippen LogP contribution in [0.1, 0.15) is 23.2 Å². The lowest BCUT2D eigenvalue weighted by Crippen LogP contribution is -2.07. The quantitative estimate of drug-likeness (QED) is 0.488. The SMILES string of the molecule is CSC(SC)=C(C(=O)c1ccccc1)[SH]1CCCC1. The van der Waals surface area contributed by atoms with Gasteiger partial charge in [-0.15, -0.1) is 23.5 Å². The van der Waals surface area contributed by atoms with E-state index in [9.17, 15) is 4.79 Å². The molecule has 0 aromatic heterocycles. The summed E-state index contributed by atoms with van der Waals surface area (Å²) in [6, 6.07) is 9.73. The van der Waals surface area contributed by atoms with Crippen LogP contribution in [0.25, 0.3) is 0 Å². The molecule has 19 heavy (non-hydrogen) atoms. The van der Waals surface area contributed by atoms with E-state index in [0.29, 0.717) is 0 Å². The summed E-state index contributed by atoms with van der Waals surface area (Å²) in [5.74, 6) is 2.72. The Balaban J connectivity index is 2.37. The van der Waals surface area contributed by atoms with Crippen molar-refractivity contribution < 1.29 is 4.79 Å². The lowest BCUT2D eigenvalue weighted by atomic mass is 10.1. The molecule has 1 aromatic rings. The molecule has 1 nitrogen and oxygen atoms in total. The van der Waals surface area contributed by atoms with Crippen molar-refractivity contribution in [2.75, 3.05) is 24.0 Å². The maximum atomic E-state index is 12.8. The summed E-state index contributed by atoms with van der Waals surface area (Å²) in [5, 5.41) is 0. The van der Waals surface area contributed by atoms with Gasteiger partial charge in [0.1, 0.15) is 0 Å². The fourth-order valence-electron chi connectivity index (χ4n) is 2.31. The number of thiol groups is 1. The maximum Gasteiger partial charge on any atom is 0.199 e. The van der Waals surface area contributed by atoms with E-state index in [-0.39, 0.29) is 16.7 Å². The molecule has 0 spiro atoms. The van der Waals surface area contributed by atoms with E-state index in [4.69, 9.17) is 0 Å². The van der Waals surface area contributed by atoms with E-state index in [1.165, 1.54) is 28.6 Å². The Labute approximate surface area is 127 Å². The molecule has 104 valence electrons. The van der Waals surface area contributed by atoms with Crippen LogP contribution >= 0.6 is 34.4 Å². The van der Waals surface area contributed by atoms with E-state index in [2.05, 4.69) is 12.5 Å². The molecule has 1 aliphatic heterocycles. The first kappa shape index (κ1) is 15.1. The molecular formula is C15H20OS3. The summed E-state index contributed by atoms with van der Waals surface area (Å²) < 4.78 is 1.22. The minimum Gasteiger partial charge on any atom is -0.288 e. The smallest absolute Gasteiger partial charge is 0.199 e. The van der Waals surface area contributed by atoms with Gasteiger partial charge in [-0.1, -0.05) is 30.3 Å². The Kier molecular flexibility index (Phi) is 5.92. The largest absolute Gasteiger partial charge is 0.288 e. The van der Waals surface area contributed by atoms with Gasteiger partial charge in [0.2, 0.25) is 0 Å². The van der Waals surface area contributed by atoms with Crippen LogP contribution < -0.4 is 0 Å². The van der Waals surface area contributed by atoms with Gasteiger partial charge in [-0.05, 0) is 36.9 Å². The molecule has 1 aromatic carbocycles. The van der Waals surface area contributed by atoms with Gasteiger partial charge in [-0.3, -0.25) is 4.79 Å². The predicted octanol–water partition coefficient (Wildman–Crippen LogP) is 4.56. The molecule has 0 atom stereocenters. The van der Waals surface area contributed by atoms with Crippen LogP contribution in [-0.2, 0) is 0 Å². The highest BCUT2D eigenvalue weighted by Crippen LogP contribution is 2.48. The Morgan fingerprint density at radius 2 is 1.63 bits per heavy atom. The van der Waals surface area contributed by atoms with Crippen molar-refractivity contribution in [3.05, 3.63) is 45.0 Å². The van der Waals surface area contributed by atoms with Crippen molar-refractivity contribution in [1.82, 2.24) is 0 Å². The summed E-state index contributed by atoms with van der Waals surface area (Å²) >= 11 is 3.45. The summed E-state index contributed by atoms with van der Waals surface area (Å²) in [7, 11) is -0.234. The molecule has 0 amide bonds. The van der Waals surface area contributed by atoms with Crippen LogP contribution in [0, 0.1) is 0 Å². The Morgan fingerprint density at radius 1 is 1.05 bits per heavy atom. The van der Waals surface area contributed by atoms with Crippen LogP contribution in [0.5, 0.6) is 0 Å². The van der Waals surface area contributed by atoms with E-state index in [0.717, 1.165) is 10.5 Å². The Morgan fingerprint density at radius 3 is 2.16 bits per heavy atom. The lowest BCUT2D eigenvalue weighted by Gasteiger charge is -2.21. The average molecular weight is 313 g/mol. The highest BCUT2D eigenvalue weighted by molar-refractivity contribution is 8.26. The second-order valence-electron chi connectivity index (χ2n) is 4.43. The van der Waals surface area contributed by atoms with Crippen molar-refractivity contribution >= 4 is 40.2 Å². The van der Waals surface area contributed by atoms with Gasteiger partial charge in [0.05, 0.1) is 9.14 Å². The molecule has 0 radical (unpaired) electrons. The zero-order chi connectivity index (χ0) is 13.7. The van der Waals surface area contributed by atoms with Gasteiger partial charge < -0.3 is 0 Å². The first-order chi connectivity index (χ1) is 9.27. The van der Waals surface area contributed by atoms with Crippen LogP contribution in [0.15, 0.2) is 39.5 Å². The standard InChI is InChI=1S/C15H20OS3/c1-17-15(18-2)14(19-10-6-7-11-19)13(16)12-8-4-3-5-9-12/h3-5,8-9,19H,6-7,10-11H2,1-2H3. The van der Waals surface area contributed by atoms with Crippen LogP contribution in [-0.4, -0.2) is 29.8 Å². The fraction of sp³-hybridized carbons (Fsp3) is 0.400. The molecular weight excluding hydrogens is 292 g/mol. The van der Waals surface area contributed by atoms with Crippen LogP contribution in [0.4, 0.5) is 0 Å². The van der Waals surface area contributed by atoms with E-state index in [1.807, 2.05) is 30.3 Å². The fourth-order valence-corrected chi connectivity index (χ4v) is 7.43. The molecule has 0 aliphatic carbocycles. The van der Waals surface area contributed by atoms with Crippen molar-refractivity contribution in [3.8, 4) is 0 Å². The number of rotatable bonds is 5.